The average molecular weight is 284 g/mol. The van der Waals surface area contributed by atoms with E-state index in [-0.39, 0.29) is 40.7 Å². The Labute approximate surface area is 140 Å². The zero-order valence-corrected chi connectivity index (χ0v) is 14.5. The Hall–Kier alpha value is -1.17. The van der Waals surface area contributed by atoms with Gasteiger partial charge in [0.1, 0.15) is 0 Å². The summed E-state index contributed by atoms with van der Waals surface area (Å²) in [7, 11) is 0. The van der Waals surface area contributed by atoms with Crippen LogP contribution in [0, 0.1) is 0 Å². The fourth-order valence-corrected chi connectivity index (χ4v) is 1.37. The van der Waals surface area contributed by atoms with Gasteiger partial charge in [-0.25, -0.2) is 5.43 Å². The molecule has 0 saturated heterocycles. The number of carboxylic acids is 1. The number of hydrazone groups is 1. The Kier molecular flexibility index (Phi) is 7.13. The second-order valence-electron chi connectivity index (χ2n) is 5.25. The van der Waals surface area contributed by atoms with Crippen molar-refractivity contribution in [2.24, 2.45) is 5.10 Å². The summed E-state index contributed by atoms with van der Waals surface area (Å²) in [6.45, 7) is 7.49. The van der Waals surface area contributed by atoms with Crippen LogP contribution in [0.2, 0.25) is 0 Å². The first-order valence-corrected chi connectivity index (χ1v) is 5.88. The molecule has 1 rings (SSSR count). The molecule has 0 atom stereocenters. The number of nitrogens with one attached hydrogen (secondary N) is 1. The van der Waals surface area contributed by atoms with Crippen LogP contribution in [0.15, 0.2) is 29.4 Å². The number of aliphatic carboxylic acids is 1. The predicted molar refractivity (Wildman–Crippen MR) is 70.7 cm³/mol. The van der Waals surface area contributed by atoms with Gasteiger partial charge in [-0.05, 0) is 30.0 Å². The molecule has 0 aliphatic heterocycles. The molecule has 0 bridgehead atoms. The van der Waals surface area contributed by atoms with E-state index in [4.69, 9.17) is 0 Å². The van der Waals surface area contributed by atoms with Crippen molar-refractivity contribution in [1.82, 2.24) is 5.43 Å². The van der Waals surface area contributed by atoms with Crippen molar-refractivity contribution in [3.8, 4) is 0 Å². The second-order valence-corrected chi connectivity index (χ2v) is 5.25. The summed E-state index contributed by atoms with van der Waals surface area (Å²) >= 11 is 0. The first-order chi connectivity index (χ1) is 8.71. The van der Waals surface area contributed by atoms with Crippen LogP contribution in [0.4, 0.5) is 0 Å². The van der Waals surface area contributed by atoms with Crippen LogP contribution in [0.25, 0.3) is 0 Å². The molecule has 1 N–H and O–H groups in total. The summed E-state index contributed by atoms with van der Waals surface area (Å²) in [5.41, 5.74) is 3.43. The fraction of sp³-hybridized carbons (Fsp3) is 0.357. The van der Waals surface area contributed by atoms with E-state index < -0.39 is 11.9 Å². The number of benzene rings is 1. The minimum Gasteiger partial charge on any atom is -0.543 e. The van der Waals surface area contributed by atoms with Gasteiger partial charge < -0.3 is 9.90 Å². The van der Waals surface area contributed by atoms with E-state index >= 15 is 0 Å². The van der Waals surface area contributed by atoms with Crippen LogP contribution in [0.1, 0.15) is 43.6 Å². The van der Waals surface area contributed by atoms with Crippen LogP contribution in [-0.4, -0.2) is 17.6 Å². The fourth-order valence-electron chi connectivity index (χ4n) is 1.37. The van der Waals surface area contributed by atoms with Crippen molar-refractivity contribution in [2.45, 2.75) is 33.1 Å². The van der Waals surface area contributed by atoms with Crippen molar-refractivity contribution in [3.63, 3.8) is 0 Å². The van der Waals surface area contributed by atoms with Gasteiger partial charge in [0.05, 0.1) is 11.7 Å². The number of amides is 1. The molecule has 1 aromatic rings. The van der Waals surface area contributed by atoms with Gasteiger partial charge >= 0.3 is 29.6 Å². The molecule has 0 aliphatic carbocycles. The van der Waals surface area contributed by atoms with Crippen molar-refractivity contribution in [2.75, 3.05) is 0 Å². The van der Waals surface area contributed by atoms with E-state index in [9.17, 15) is 14.7 Å². The smallest absolute Gasteiger partial charge is 0.543 e. The van der Waals surface area contributed by atoms with Crippen LogP contribution in [-0.2, 0) is 10.2 Å². The molecule has 1 amide bonds. The van der Waals surface area contributed by atoms with E-state index in [1.54, 1.807) is 12.1 Å². The maximum atomic E-state index is 11.7. The summed E-state index contributed by atoms with van der Waals surface area (Å²) in [5, 5.41) is 13.8. The number of nitrogens with zero attached hydrogens (tertiary/aromatic N) is 1. The summed E-state index contributed by atoms with van der Waals surface area (Å²) in [6.07, 6.45) is 0. The van der Waals surface area contributed by atoms with Gasteiger partial charge in [-0.15, -0.1) is 0 Å². The van der Waals surface area contributed by atoms with Crippen molar-refractivity contribution >= 4 is 17.6 Å². The molecule has 0 fully saturated rings. The molecular weight excluding hydrogens is 267 g/mol. The Bertz CT molecular complexity index is 516. The van der Waals surface area contributed by atoms with Crippen LogP contribution in [0.3, 0.4) is 0 Å². The molecule has 0 unspecified atom stereocenters. The molecule has 0 aliphatic rings. The average Bonchev–Trinajstić information content (AvgIpc) is 2.34. The SMILES string of the molecule is C/C(=N\NC(=O)c1ccc(C(C)(C)C)cc1)C(=O)[O-].[Na+]. The number of rotatable bonds is 3. The molecule has 20 heavy (non-hydrogen) atoms. The van der Waals surface area contributed by atoms with E-state index in [1.165, 1.54) is 6.92 Å². The Morgan fingerprint density at radius 2 is 1.65 bits per heavy atom. The quantitative estimate of drug-likeness (QED) is 0.390. The van der Waals surface area contributed by atoms with Gasteiger partial charge in [-0.3, -0.25) is 4.79 Å². The zero-order valence-electron chi connectivity index (χ0n) is 12.5. The minimum absolute atomic E-state index is 0. The van der Waals surface area contributed by atoms with E-state index in [0.717, 1.165) is 5.56 Å². The number of carboxylic acid groups (broad SMARTS) is 1. The number of carbonyl (C=O) groups is 2. The van der Waals surface area contributed by atoms with Gasteiger partial charge in [0.25, 0.3) is 5.91 Å². The molecule has 102 valence electrons. The monoisotopic (exact) mass is 284 g/mol. The number of hydrogen-bond donors (Lipinski definition) is 1. The van der Waals surface area contributed by atoms with Crippen molar-refractivity contribution in [1.29, 1.82) is 0 Å². The van der Waals surface area contributed by atoms with Gasteiger partial charge in [0.15, 0.2) is 0 Å². The summed E-state index contributed by atoms with van der Waals surface area (Å²) in [5.74, 6) is -1.87. The molecule has 1 aromatic carbocycles. The molecular formula is C14H17N2NaO3. The molecule has 0 radical (unpaired) electrons. The number of carbonyl (C=O) groups excluding carboxylic acids is 2. The maximum Gasteiger partial charge on any atom is 1.00 e. The van der Waals surface area contributed by atoms with E-state index in [0.29, 0.717) is 5.56 Å². The molecule has 6 heteroatoms. The van der Waals surface area contributed by atoms with E-state index in [1.807, 2.05) is 12.1 Å². The Morgan fingerprint density at radius 3 is 2.05 bits per heavy atom. The first-order valence-electron chi connectivity index (χ1n) is 5.88. The van der Waals surface area contributed by atoms with Gasteiger partial charge in [-0.2, -0.15) is 5.10 Å². The predicted octanol–water partition coefficient (Wildman–Crippen LogP) is -2.16. The van der Waals surface area contributed by atoms with Crippen molar-refractivity contribution < 1.29 is 44.3 Å². The third kappa shape index (κ3) is 5.45. The Balaban J connectivity index is 0.00000361. The van der Waals surface area contributed by atoms with Crippen LogP contribution >= 0.6 is 0 Å². The summed E-state index contributed by atoms with van der Waals surface area (Å²) < 4.78 is 0. The third-order valence-corrected chi connectivity index (χ3v) is 2.63. The van der Waals surface area contributed by atoms with Gasteiger partial charge in [0, 0.05) is 5.56 Å². The molecule has 0 spiro atoms. The first kappa shape index (κ1) is 18.8. The maximum absolute atomic E-state index is 11.7. The summed E-state index contributed by atoms with van der Waals surface area (Å²) in [6, 6.07) is 7.09. The van der Waals surface area contributed by atoms with Gasteiger partial charge in [-0.1, -0.05) is 32.9 Å². The van der Waals surface area contributed by atoms with Crippen LogP contribution in [0.5, 0.6) is 0 Å². The molecule has 0 aromatic heterocycles. The molecule has 0 saturated carbocycles. The third-order valence-electron chi connectivity index (χ3n) is 2.63. The Morgan fingerprint density at radius 1 is 1.15 bits per heavy atom. The van der Waals surface area contributed by atoms with Gasteiger partial charge in [0.2, 0.25) is 0 Å². The number of hydrogen-bond acceptors (Lipinski definition) is 4. The summed E-state index contributed by atoms with van der Waals surface area (Å²) in [4.78, 5) is 22.1. The normalized spacial score (nSPS) is 11.5. The second kappa shape index (κ2) is 7.57. The topological polar surface area (TPSA) is 81.6 Å². The largest absolute Gasteiger partial charge is 1.00 e. The minimum atomic E-state index is -1.41. The molecule has 5 nitrogen and oxygen atoms in total. The zero-order chi connectivity index (χ0) is 14.6. The molecule has 0 heterocycles. The van der Waals surface area contributed by atoms with Crippen molar-refractivity contribution in [3.05, 3.63) is 35.4 Å². The van der Waals surface area contributed by atoms with E-state index in [2.05, 4.69) is 31.3 Å². The van der Waals surface area contributed by atoms with Crippen LogP contribution < -0.4 is 40.1 Å². The standard InChI is InChI=1S/C14H18N2O3.Na/c1-9(13(18)19)15-16-12(17)10-5-7-11(8-6-10)14(2,3)4;/h5-8H,1-4H3,(H,16,17)(H,18,19);/q;+1/p-1/b15-9+;.